The summed E-state index contributed by atoms with van der Waals surface area (Å²) in [6.07, 6.45) is 6.30. The van der Waals surface area contributed by atoms with Crippen molar-refractivity contribution in [1.82, 2.24) is 4.98 Å². The van der Waals surface area contributed by atoms with E-state index in [1.807, 2.05) is 19.1 Å². The van der Waals surface area contributed by atoms with E-state index in [1.54, 1.807) is 6.20 Å². The third-order valence-electron chi connectivity index (χ3n) is 3.40. The smallest absolute Gasteiger partial charge is 0.213 e. The number of ether oxygens (including phenoxy) is 2. The predicted octanol–water partition coefficient (Wildman–Crippen LogP) is 2.21. The molecule has 0 saturated heterocycles. The Balaban J connectivity index is 1.65. The lowest BCUT2D eigenvalue weighted by Crippen LogP contribution is -2.27. The first kappa shape index (κ1) is 15.1. The second-order valence-corrected chi connectivity index (χ2v) is 5.09. The standard InChI is InChI=1S/C15H24N2O3/c1-2-19-15-8-7-12(9-17-15)16-10-13(18)11-20-14-5-3-4-6-14/h7-9,13-14,16,18H,2-6,10-11H2,1H3. The molecule has 1 saturated carbocycles. The molecule has 2 N–H and O–H groups in total. The van der Waals surface area contributed by atoms with Gasteiger partial charge >= 0.3 is 0 Å². The quantitative estimate of drug-likeness (QED) is 0.764. The Bertz CT molecular complexity index is 377. The Morgan fingerprint density at radius 2 is 2.20 bits per heavy atom. The van der Waals surface area contributed by atoms with E-state index in [2.05, 4.69) is 10.3 Å². The zero-order chi connectivity index (χ0) is 14.2. The number of pyridine rings is 1. The number of aliphatic hydroxyl groups is 1. The van der Waals surface area contributed by atoms with Crippen LogP contribution in [0.3, 0.4) is 0 Å². The van der Waals surface area contributed by atoms with E-state index in [0.29, 0.717) is 31.7 Å². The van der Waals surface area contributed by atoms with Crippen molar-refractivity contribution in [3.63, 3.8) is 0 Å². The van der Waals surface area contributed by atoms with E-state index in [-0.39, 0.29) is 0 Å². The topological polar surface area (TPSA) is 63.6 Å². The second kappa shape index (κ2) is 8.07. The van der Waals surface area contributed by atoms with Crippen molar-refractivity contribution >= 4 is 5.69 Å². The summed E-state index contributed by atoms with van der Waals surface area (Å²) in [5, 5.41) is 13.0. The fourth-order valence-electron chi connectivity index (χ4n) is 2.31. The molecule has 0 radical (unpaired) electrons. The molecule has 1 fully saturated rings. The number of hydrogen-bond acceptors (Lipinski definition) is 5. The van der Waals surface area contributed by atoms with Crippen LogP contribution in [0.5, 0.6) is 5.88 Å². The van der Waals surface area contributed by atoms with Crippen LogP contribution in [-0.2, 0) is 4.74 Å². The van der Waals surface area contributed by atoms with Crippen LogP contribution in [0.1, 0.15) is 32.6 Å². The maximum absolute atomic E-state index is 9.88. The van der Waals surface area contributed by atoms with Gasteiger partial charge in [-0.3, -0.25) is 0 Å². The fourth-order valence-corrected chi connectivity index (χ4v) is 2.31. The number of aromatic nitrogens is 1. The van der Waals surface area contributed by atoms with Gasteiger partial charge in [0, 0.05) is 12.6 Å². The second-order valence-electron chi connectivity index (χ2n) is 5.09. The summed E-state index contributed by atoms with van der Waals surface area (Å²) < 4.78 is 11.0. The van der Waals surface area contributed by atoms with Crippen molar-refractivity contribution in [2.24, 2.45) is 0 Å². The van der Waals surface area contributed by atoms with Crippen molar-refractivity contribution in [1.29, 1.82) is 0 Å². The SMILES string of the molecule is CCOc1ccc(NCC(O)COC2CCCC2)cn1. The van der Waals surface area contributed by atoms with Gasteiger partial charge in [0.2, 0.25) is 5.88 Å². The first-order chi connectivity index (χ1) is 9.78. The van der Waals surface area contributed by atoms with Gasteiger partial charge in [0.1, 0.15) is 0 Å². The molecule has 2 rings (SSSR count). The molecule has 0 bridgehead atoms. The first-order valence-electron chi connectivity index (χ1n) is 7.40. The molecule has 0 amide bonds. The summed E-state index contributed by atoms with van der Waals surface area (Å²) in [6.45, 7) is 3.38. The van der Waals surface area contributed by atoms with Gasteiger partial charge in [-0.1, -0.05) is 12.8 Å². The minimum absolute atomic E-state index is 0.344. The van der Waals surface area contributed by atoms with Crippen LogP contribution >= 0.6 is 0 Å². The van der Waals surface area contributed by atoms with Gasteiger partial charge in [0.05, 0.1) is 37.3 Å². The lowest BCUT2D eigenvalue weighted by atomic mass is 10.3. The lowest BCUT2D eigenvalue weighted by Gasteiger charge is -2.16. The molecule has 20 heavy (non-hydrogen) atoms. The fraction of sp³-hybridized carbons (Fsp3) is 0.667. The van der Waals surface area contributed by atoms with Crippen LogP contribution in [0.25, 0.3) is 0 Å². The summed E-state index contributed by atoms with van der Waals surface area (Å²) >= 11 is 0. The number of nitrogens with one attached hydrogen (secondary N) is 1. The Labute approximate surface area is 120 Å². The van der Waals surface area contributed by atoms with Crippen molar-refractivity contribution < 1.29 is 14.6 Å². The molecule has 1 atom stereocenters. The maximum atomic E-state index is 9.88. The highest BCUT2D eigenvalue weighted by Crippen LogP contribution is 2.21. The number of rotatable bonds is 8. The monoisotopic (exact) mass is 280 g/mol. The highest BCUT2D eigenvalue weighted by molar-refractivity contribution is 5.42. The van der Waals surface area contributed by atoms with Crippen LogP contribution in [0.15, 0.2) is 18.3 Å². The zero-order valence-electron chi connectivity index (χ0n) is 12.0. The Morgan fingerprint density at radius 3 is 2.85 bits per heavy atom. The van der Waals surface area contributed by atoms with Gasteiger partial charge in [-0.25, -0.2) is 4.98 Å². The number of anilines is 1. The van der Waals surface area contributed by atoms with Crippen LogP contribution in [0.2, 0.25) is 0 Å². The summed E-state index contributed by atoms with van der Waals surface area (Å²) in [4.78, 5) is 4.16. The molecular formula is C15H24N2O3. The number of nitrogens with zero attached hydrogens (tertiary/aromatic N) is 1. The van der Waals surface area contributed by atoms with Crippen LogP contribution in [-0.4, -0.2) is 42.1 Å². The molecular weight excluding hydrogens is 256 g/mol. The predicted molar refractivity (Wildman–Crippen MR) is 78.1 cm³/mol. The van der Waals surface area contributed by atoms with Crippen molar-refractivity contribution in [2.45, 2.75) is 44.8 Å². The van der Waals surface area contributed by atoms with Gasteiger partial charge in [-0.05, 0) is 25.8 Å². The lowest BCUT2D eigenvalue weighted by molar-refractivity contribution is -0.00117. The minimum atomic E-state index is -0.498. The number of hydrogen-bond donors (Lipinski definition) is 2. The van der Waals surface area contributed by atoms with Gasteiger partial charge in [-0.15, -0.1) is 0 Å². The summed E-state index contributed by atoms with van der Waals surface area (Å²) in [5.74, 6) is 0.614. The first-order valence-corrected chi connectivity index (χ1v) is 7.40. The molecule has 5 nitrogen and oxygen atoms in total. The maximum Gasteiger partial charge on any atom is 0.213 e. The molecule has 1 aliphatic carbocycles. The normalized spacial score (nSPS) is 17.1. The minimum Gasteiger partial charge on any atom is -0.478 e. The van der Waals surface area contributed by atoms with Gasteiger partial charge in [-0.2, -0.15) is 0 Å². The van der Waals surface area contributed by atoms with E-state index in [9.17, 15) is 5.11 Å². The third-order valence-corrected chi connectivity index (χ3v) is 3.40. The van der Waals surface area contributed by atoms with E-state index in [4.69, 9.17) is 9.47 Å². The molecule has 1 aliphatic rings. The number of aliphatic hydroxyl groups excluding tert-OH is 1. The van der Waals surface area contributed by atoms with Crippen molar-refractivity contribution in [2.75, 3.05) is 25.1 Å². The average Bonchev–Trinajstić information content (AvgIpc) is 2.98. The average molecular weight is 280 g/mol. The Hall–Kier alpha value is -1.33. The van der Waals surface area contributed by atoms with E-state index >= 15 is 0 Å². The van der Waals surface area contributed by atoms with Crippen LogP contribution in [0.4, 0.5) is 5.69 Å². The molecule has 1 unspecified atom stereocenters. The molecule has 1 aromatic heterocycles. The zero-order valence-corrected chi connectivity index (χ0v) is 12.0. The molecule has 112 valence electrons. The van der Waals surface area contributed by atoms with Crippen LogP contribution < -0.4 is 10.1 Å². The van der Waals surface area contributed by atoms with Crippen molar-refractivity contribution in [3.05, 3.63) is 18.3 Å². The largest absolute Gasteiger partial charge is 0.478 e. The van der Waals surface area contributed by atoms with Gasteiger partial charge in [0.15, 0.2) is 0 Å². The highest BCUT2D eigenvalue weighted by Gasteiger charge is 2.16. The Morgan fingerprint density at radius 1 is 1.40 bits per heavy atom. The molecule has 0 aliphatic heterocycles. The van der Waals surface area contributed by atoms with Crippen molar-refractivity contribution in [3.8, 4) is 5.88 Å². The summed E-state index contributed by atoms with van der Waals surface area (Å²) in [6, 6.07) is 3.70. The molecule has 0 spiro atoms. The third kappa shape index (κ3) is 4.98. The van der Waals surface area contributed by atoms with Gasteiger partial charge in [0.25, 0.3) is 0 Å². The van der Waals surface area contributed by atoms with E-state index in [1.165, 1.54) is 12.8 Å². The molecule has 5 heteroatoms. The highest BCUT2D eigenvalue weighted by atomic mass is 16.5. The van der Waals surface area contributed by atoms with E-state index in [0.717, 1.165) is 18.5 Å². The summed E-state index contributed by atoms with van der Waals surface area (Å²) in [5.41, 5.74) is 0.869. The van der Waals surface area contributed by atoms with Crippen LogP contribution in [0, 0.1) is 0 Å². The van der Waals surface area contributed by atoms with Gasteiger partial charge < -0.3 is 19.9 Å². The molecule has 1 aromatic rings. The van der Waals surface area contributed by atoms with E-state index < -0.39 is 6.10 Å². The molecule has 1 heterocycles. The molecule has 0 aromatic carbocycles. The Kier molecular flexibility index (Phi) is 6.08. The summed E-state index contributed by atoms with van der Waals surface area (Å²) in [7, 11) is 0.